The van der Waals surface area contributed by atoms with Crippen LogP contribution in [0.25, 0.3) is 23.4 Å². The fourth-order valence-electron chi connectivity index (χ4n) is 4.26. The number of benzene rings is 3. The van der Waals surface area contributed by atoms with Crippen LogP contribution in [0.1, 0.15) is 49.4 Å². The third kappa shape index (κ3) is 10.1. The van der Waals surface area contributed by atoms with Crippen LogP contribution in [-0.2, 0) is 0 Å². The molecule has 0 spiro atoms. The second kappa shape index (κ2) is 16.5. The third-order valence-corrected chi connectivity index (χ3v) is 6.51. The monoisotopic (exact) mass is 511 g/mol. The average molecular weight is 512 g/mol. The summed E-state index contributed by atoms with van der Waals surface area (Å²) in [5.74, 6) is 0.233. The number of hydrogen-bond acceptors (Lipinski definition) is 1. The molecule has 3 aromatic carbocycles. The molecule has 2 unspecified atom stereocenters. The lowest BCUT2D eigenvalue weighted by molar-refractivity contribution is 0.536. The molecular formula is C38H41N. The molecule has 39 heavy (non-hydrogen) atoms. The van der Waals surface area contributed by atoms with Gasteiger partial charge in [-0.3, -0.25) is 0 Å². The van der Waals surface area contributed by atoms with Crippen molar-refractivity contribution in [3.05, 3.63) is 168 Å². The molecule has 0 heterocycles. The Morgan fingerprint density at radius 2 is 1.31 bits per heavy atom. The van der Waals surface area contributed by atoms with Crippen molar-refractivity contribution in [2.45, 2.75) is 33.2 Å². The molecular weight excluding hydrogens is 470 g/mol. The van der Waals surface area contributed by atoms with Gasteiger partial charge in [0, 0.05) is 11.6 Å². The average Bonchev–Trinajstić information content (AvgIpc) is 2.98. The first-order valence-corrected chi connectivity index (χ1v) is 13.7. The molecule has 0 aliphatic rings. The molecule has 2 atom stereocenters. The van der Waals surface area contributed by atoms with Crippen molar-refractivity contribution >= 4 is 23.4 Å². The summed E-state index contributed by atoms with van der Waals surface area (Å²) in [6.45, 7) is 10.7. The first-order valence-electron chi connectivity index (χ1n) is 13.7. The van der Waals surface area contributed by atoms with E-state index >= 15 is 0 Å². The number of hydrogen-bond donors (Lipinski definition) is 1. The molecule has 0 aromatic heterocycles. The Kier molecular flexibility index (Phi) is 12.3. The van der Waals surface area contributed by atoms with Gasteiger partial charge in [-0.05, 0) is 55.0 Å². The van der Waals surface area contributed by atoms with Gasteiger partial charge >= 0.3 is 0 Å². The first-order chi connectivity index (χ1) is 19.1. The summed E-state index contributed by atoms with van der Waals surface area (Å²) in [7, 11) is 0. The first kappa shape index (κ1) is 29.2. The van der Waals surface area contributed by atoms with Crippen LogP contribution in [-0.4, -0.2) is 6.04 Å². The van der Waals surface area contributed by atoms with Crippen molar-refractivity contribution in [2.75, 3.05) is 0 Å². The van der Waals surface area contributed by atoms with E-state index in [2.05, 4.69) is 147 Å². The Balaban J connectivity index is 1.87. The van der Waals surface area contributed by atoms with Gasteiger partial charge in [-0.2, -0.15) is 0 Å². The summed E-state index contributed by atoms with van der Waals surface area (Å²) < 4.78 is 0. The van der Waals surface area contributed by atoms with E-state index in [0.717, 1.165) is 17.7 Å². The van der Waals surface area contributed by atoms with Gasteiger partial charge < -0.3 is 5.32 Å². The SMILES string of the molecule is C=C(NC(/C=C(\C)c1ccccc1)C(C=Cc1ccc(C=C/C=C\C=C/C)cc1)C/C=C\C)c1ccccc1. The van der Waals surface area contributed by atoms with Gasteiger partial charge in [-0.15, -0.1) is 0 Å². The van der Waals surface area contributed by atoms with Gasteiger partial charge in [0.05, 0.1) is 6.04 Å². The topological polar surface area (TPSA) is 12.0 Å². The maximum atomic E-state index is 4.38. The molecule has 0 aliphatic heterocycles. The van der Waals surface area contributed by atoms with Crippen molar-refractivity contribution in [1.29, 1.82) is 0 Å². The third-order valence-electron chi connectivity index (χ3n) is 6.51. The van der Waals surface area contributed by atoms with E-state index in [1.807, 2.05) is 37.3 Å². The Morgan fingerprint density at radius 3 is 1.92 bits per heavy atom. The number of rotatable bonds is 13. The van der Waals surface area contributed by atoms with Crippen molar-refractivity contribution in [1.82, 2.24) is 5.32 Å². The zero-order valence-corrected chi connectivity index (χ0v) is 23.5. The van der Waals surface area contributed by atoms with Crippen LogP contribution in [0, 0.1) is 5.92 Å². The van der Waals surface area contributed by atoms with Gasteiger partial charge in [-0.1, -0.05) is 158 Å². The molecule has 3 aromatic rings. The van der Waals surface area contributed by atoms with E-state index < -0.39 is 0 Å². The minimum Gasteiger partial charge on any atom is -0.378 e. The molecule has 0 amide bonds. The second-order valence-electron chi connectivity index (χ2n) is 9.49. The maximum absolute atomic E-state index is 4.38. The van der Waals surface area contributed by atoms with Crippen LogP contribution in [0.2, 0.25) is 0 Å². The van der Waals surface area contributed by atoms with Crippen LogP contribution >= 0.6 is 0 Å². The largest absolute Gasteiger partial charge is 0.378 e. The molecule has 1 N–H and O–H groups in total. The van der Waals surface area contributed by atoms with Crippen LogP contribution in [0.3, 0.4) is 0 Å². The van der Waals surface area contributed by atoms with Gasteiger partial charge in [0.2, 0.25) is 0 Å². The van der Waals surface area contributed by atoms with Gasteiger partial charge in [0.15, 0.2) is 0 Å². The summed E-state index contributed by atoms with van der Waals surface area (Å²) in [6, 6.07) is 29.6. The molecule has 0 fully saturated rings. The quantitative estimate of drug-likeness (QED) is 0.178. The highest BCUT2D eigenvalue weighted by Gasteiger charge is 2.18. The molecule has 1 heteroatoms. The molecule has 0 aliphatic carbocycles. The zero-order chi connectivity index (χ0) is 27.7. The standard InChI is InChI=1S/C38H41N/c1-5-7-9-10-13-18-33-24-26-34(27-25-33)28-29-37(19-8-6-2)38(30-31(3)35-20-14-11-15-21-35)39-32(4)36-22-16-12-17-23-36/h5-18,20-30,37-39H,4,19H2,1-3H3/b7-5-,8-6-,10-9-,18-13?,29-28?,31-30+. The fraction of sp³-hybridized carbons (Fsp3) is 0.158. The van der Waals surface area contributed by atoms with Gasteiger partial charge in [-0.25, -0.2) is 0 Å². The van der Waals surface area contributed by atoms with E-state index in [-0.39, 0.29) is 12.0 Å². The molecule has 0 saturated heterocycles. The maximum Gasteiger partial charge on any atom is 0.0515 e. The Labute approximate surface area is 236 Å². The van der Waals surface area contributed by atoms with Crippen LogP contribution in [0.15, 0.2) is 146 Å². The van der Waals surface area contributed by atoms with E-state index in [9.17, 15) is 0 Å². The van der Waals surface area contributed by atoms with Crippen LogP contribution < -0.4 is 5.32 Å². The van der Waals surface area contributed by atoms with Crippen molar-refractivity contribution in [3.8, 4) is 0 Å². The smallest absolute Gasteiger partial charge is 0.0515 e. The van der Waals surface area contributed by atoms with Crippen LogP contribution in [0.4, 0.5) is 0 Å². The lowest BCUT2D eigenvalue weighted by Gasteiger charge is -2.26. The number of nitrogens with one attached hydrogen (secondary N) is 1. The molecule has 0 saturated carbocycles. The molecule has 3 rings (SSSR count). The molecule has 0 bridgehead atoms. The highest BCUT2D eigenvalue weighted by atomic mass is 14.9. The second-order valence-corrected chi connectivity index (χ2v) is 9.49. The van der Waals surface area contributed by atoms with Crippen LogP contribution in [0.5, 0.6) is 0 Å². The van der Waals surface area contributed by atoms with E-state index in [1.54, 1.807) is 0 Å². The normalized spacial score (nSPS) is 14.2. The van der Waals surface area contributed by atoms with Gasteiger partial charge in [0.1, 0.15) is 0 Å². The van der Waals surface area contributed by atoms with Crippen molar-refractivity contribution in [3.63, 3.8) is 0 Å². The number of allylic oxidation sites excluding steroid dienone is 8. The molecule has 0 radical (unpaired) electrons. The molecule has 1 nitrogen and oxygen atoms in total. The predicted octanol–water partition coefficient (Wildman–Crippen LogP) is 10.2. The summed E-state index contributed by atoms with van der Waals surface area (Å²) in [6.07, 6.45) is 24.5. The zero-order valence-electron chi connectivity index (χ0n) is 23.5. The summed E-state index contributed by atoms with van der Waals surface area (Å²) in [5, 5.41) is 3.75. The van der Waals surface area contributed by atoms with E-state index in [0.29, 0.717) is 0 Å². The van der Waals surface area contributed by atoms with Crippen molar-refractivity contribution in [2.24, 2.45) is 5.92 Å². The van der Waals surface area contributed by atoms with Gasteiger partial charge in [0.25, 0.3) is 0 Å². The minimum atomic E-state index is 0.0662. The minimum absolute atomic E-state index is 0.0662. The lowest BCUT2D eigenvalue weighted by atomic mass is 9.91. The van der Waals surface area contributed by atoms with E-state index in [4.69, 9.17) is 0 Å². The Hall–Kier alpha value is -4.36. The summed E-state index contributed by atoms with van der Waals surface area (Å²) in [4.78, 5) is 0. The molecule has 198 valence electrons. The summed E-state index contributed by atoms with van der Waals surface area (Å²) >= 11 is 0. The predicted molar refractivity (Wildman–Crippen MR) is 174 cm³/mol. The van der Waals surface area contributed by atoms with E-state index in [1.165, 1.54) is 22.3 Å². The highest BCUT2D eigenvalue weighted by molar-refractivity contribution is 5.67. The van der Waals surface area contributed by atoms with Crippen molar-refractivity contribution < 1.29 is 0 Å². The Bertz CT molecular complexity index is 1320. The fourth-order valence-corrected chi connectivity index (χ4v) is 4.26. The highest BCUT2D eigenvalue weighted by Crippen LogP contribution is 2.23. The lowest BCUT2D eigenvalue weighted by Crippen LogP contribution is -2.32. The summed E-state index contributed by atoms with van der Waals surface area (Å²) in [5.41, 5.74) is 6.87. The Morgan fingerprint density at radius 1 is 0.718 bits per heavy atom.